The summed E-state index contributed by atoms with van der Waals surface area (Å²) in [5.74, 6) is 0.545. The molecule has 4 heteroatoms. The Hall–Kier alpha value is -2.10. The molecule has 0 aliphatic rings. The molecule has 0 bridgehead atoms. The van der Waals surface area contributed by atoms with Crippen molar-refractivity contribution >= 4 is 5.69 Å². The van der Waals surface area contributed by atoms with Gasteiger partial charge in [0.1, 0.15) is 0 Å². The highest BCUT2D eigenvalue weighted by Gasteiger charge is 2.08. The van der Waals surface area contributed by atoms with Crippen LogP contribution in [0.2, 0.25) is 0 Å². The van der Waals surface area contributed by atoms with Gasteiger partial charge in [-0.25, -0.2) is 4.98 Å². The first kappa shape index (κ1) is 12.4. The normalized spacial score (nSPS) is 10.4. The van der Waals surface area contributed by atoms with Crippen LogP contribution >= 0.6 is 0 Å². The van der Waals surface area contributed by atoms with E-state index in [1.54, 1.807) is 12.4 Å². The van der Waals surface area contributed by atoms with Crippen LogP contribution in [0.4, 0.5) is 5.69 Å². The zero-order valence-corrected chi connectivity index (χ0v) is 10.9. The highest BCUT2D eigenvalue weighted by Crippen LogP contribution is 2.26. The van der Waals surface area contributed by atoms with E-state index in [9.17, 15) is 0 Å². The SMILES string of the molecule is CCOc1cncc(-c2cc(C)c(N)cc2C)n1. The molecule has 4 nitrogen and oxygen atoms in total. The maximum atomic E-state index is 5.88. The molecule has 0 fully saturated rings. The van der Waals surface area contributed by atoms with Gasteiger partial charge >= 0.3 is 0 Å². The molecule has 94 valence electrons. The van der Waals surface area contributed by atoms with Crippen LogP contribution in [0.25, 0.3) is 11.3 Å². The number of aromatic nitrogens is 2. The van der Waals surface area contributed by atoms with Crippen LogP contribution in [0.15, 0.2) is 24.5 Å². The van der Waals surface area contributed by atoms with Crippen molar-refractivity contribution in [1.82, 2.24) is 9.97 Å². The monoisotopic (exact) mass is 243 g/mol. The topological polar surface area (TPSA) is 61.0 Å². The van der Waals surface area contributed by atoms with Crippen molar-refractivity contribution in [2.45, 2.75) is 20.8 Å². The number of anilines is 1. The van der Waals surface area contributed by atoms with E-state index >= 15 is 0 Å². The minimum Gasteiger partial charge on any atom is -0.477 e. The lowest BCUT2D eigenvalue weighted by Crippen LogP contribution is -1.98. The van der Waals surface area contributed by atoms with Crippen LogP contribution in [-0.4, -0.2) is 16.6 Å². The molecule has 0 saturated carbocycles. The number of hydrogen-bond acceptors (Lipinski definition) is 4. The molecule has 18 heavy (non-hydrogen) atoms. The number of aryl methyl sites for hydroxylation is 2. The number of hydrogen-bond donors (Lipinski definition) is 1. The van der Waals surface area contributed by atoms with Crippen LogP contribution in [0.3, 0.4) is 0 Å². The lowest BCUT2D eigenvalue weighted by Gasteiger charge is -2.10. The van der Waals surface area contributed by atoms with Crippen LogP contribution < -0.4 is 10.5 Å². The Morgan fingerprint density at radius 2 is 1.94 bits per heavy atom. The zero-order valence-electron chi connectivity index (χ0n) is 10.9. The van der Waals surface area contributed by atoms with Crippen molar-refractivity contribution < 1.29 is 4.74 Å². The van der Waals surface area contributed by atoms with E-state index in [-0.39, 0.29) is 0 Å². The number of nitrogen functional groups attached to an aromatic ring is 1. The fourth-order valence-electron chi connectivity index (χ4n) is 1.81. The summed E-state index contributed by atoms with van der Waals surface area (Å²) in [6, 6.07) is 3.99. The van der Waals surface area contributed by atoms with E-state index in [0.29, 0.717) is 12.5 Å². The molecule has 0 amide bonds. The number of nitrogens with two attached hydrogens (primary N) is 1. The third-order valence-electron chi connectivity index (χ3n) is 2.79. The predicted molar refractivity (Wildman–Crippen MR) is 72.5 cm³/mol. The Balaban J connectivity index is 2.48. The third kappa shape index (κ3) is 2.42. The highest BCUT2D eigenvalue weighted by molar-refractivity contribution is 5.68. The summed E-state index contributed by atoms with van der Waals surface area (Å²) in [7, 11) is 0. The maximum Gasteiger partial charge on any atom is 0.232 e. The van der Waals surface area contributed by atoms with Gasteiger partial charge in [0.25, 0.3) is 0 Å². The second-order valence-corrected chi connectivity index (χ2v) is 4.20. The van der Waals surface area contributed by atoms with Gasteiger partial charge in [0, 0.05) is 11.3 Å². The summed E-state index contributed by atoms with van der Waals surface area (Å²) in [5, 5.41) is 0. The molecule has 2 aromatic rings. The second-order valence-electron chi connectivity index (χ2n) is 4.20. The summed E-state index contributed by atoms with van der Waals surface area (Å²) >= 11 is 0. The van der Waals surface area contributed by atoms with E-state index in [4.69, 9.17) is 10.5 Å². The second kappa shape index (κ2) is 5.04. The summed E-state index contributed by atoms with van der Waals surface area (Å²) in [5.41, 5.74) is 10.7. The molecular formula is C14H17N3O. The minimum atomic E-state index is 0.545. The van der Waals surface area contributed by atoms with Crippen LogP contribution in [0, 0.1) is 13.8 Å². The largest absolute Gasteiger partial charge is 0.477 e. The molecule has 1 aromatic carbocycles. The van der Waals surface area contributed by atoms with Crippen molar-refractivity contribution in [3.05, 3.63) is 35.7 Å². The molecule has 0 atom stereocenters. The molecule has 0 saturated heterocycles. The number of ether oxygens (including phenoxy) is 1. The Labute approximate surface area is 107 Å². The molecule has 2 N–H and O–H groups in total. The van der Waals surface area contributed by atoms with E-state index in [2.05, 4.69) is 9.97 Å². The highest BCUT2D eigenvalue weighted by atomic mass is 16.5. The Morgan fingerprint density at radius 3 is 2.67 bits per heavy atom. The minimum absolute atomic E-state index is 0.545. The third-order valence-corrected chi connectivity index (χ3v) is 2.79. The van der Waals surface area contributed by atoms with Crippen molar-refractivity contribution in [3.8, 4) is 17.1 Å². The van der Waals surface area contributed by atoms with E-state index in [0.717, 1.165) is 28.1 Å². The average molecular weight is 243 g/mol. The standard InChI is InChI=1S/C14H17N3O/c1-4-18-14-8-16-7-13(17-14)11-5-10(3)12(15)6-9(11)2/h5-8H,4,15H2,1-3H3. The molecule has 0 radical (unpaired) electrons. The van der Waals surface area contributed by atoms with Crippen molar-refractivity contribution in [2.24, 2.45) is 0 Å². The van der Waals surface area contributed by atoms with Gasteiger partial charge in [0.15, 0.2) is 0 Å². The van der Waals surface area contributed by atoms with Crippen molar-refractivity contribution in [1.29, 1.82) is 0 Å². The molecule has 0 spiro atoms. The Kier molecular flexibility index (Phi) is 3.46. The van der Waals surface area contributed by atoms with Crippen molar-refractivity contribution in [2.75, 3.05) is 12.3 Å². The van der Waals surface area contributed by atoms with Crippen LogP contribution in [-0.2, 0) is 0 Å². The summed E-state index contributed by atoms with van der Waals surface area (Å²) in [4.78, 5) is 8.59. The van der Waals surface area contributed by atoms with Crippen molar-refractivity contribution in [3.63, 3.8) is 0 Å². The number of rotatable bonds is 3. The molecule has 0 aliphatic heterocycles. The fourth-order valence-corrected chi connectivity index (χ4v) is 1.81. The first-order chi connectivity index (χ1) is 8.61. The summed E-state index contributed by atoms with van der Waals surface area (Å²) < 4.78 is 5.36. The van der Waals surface area contributed by atoms with Gasteiger partial charge < -0.3 is 10.5 Å². The smallest absolute Gasteiger partial charge is 0.232 e. The fraction of sp³-hybridized carbons (Fsp3) is 0.286. The van der Waals surface area contributed by atoms with Crippen LogP contribution in [0.1, 0.15) is 18.1 Å². The number of benzene rings is 1. The van der Waals surface area contributed by atoms with Gasteiger partial charge in [0.05, 0.1) is 24.7 Å². The van der Waals surface area contributed by atoms with E-state index in [1.807, 2.05) is 32.9 Å². The molecule has 1 heterocycles. The number of nitrogens with zero attached hydrogens (tertiary/aromatic N) is 2. The first-order valence-electron chi connectivity index (χ1n) is 5.93. The zero-order chi connectivity index (χ0) is 13.1. The Morgan fingerprint density at radius 1 is 1.17 bits per heavy atom. The Bertz CT molecular complexity index is 567. The van der Waals surface area contributed by atoms with Gasteiger partial charge in [-0.1, -0.05) is 0 Å². The average Bonchev–Trinajstić information content (AvgIpc) is 2.34. The van der Waals surface area contributed by atoms with E-state index < -0.39 is 0 Å². The molecule has 2 rings (SSSR count). The quantitative estimate of drug-likeness (QED) is 0.842. The summed E-state index contributed by atoms with van der Waals surface area (Å²) in [6.45, 7) is 6.50. The molecular weight excluding hydrogens is 226 g/mol. The summed E-state index contributed by atoms with van der Waals surface area (Å²) in [6.07, 6.45) is 3.35. The van der Waals surface area contributed by atoms with Gasteiger partial charge in [-0.15, -0.1) is 0 Å². The van der Waals surface area contributed by atoms with Gasteiger partial charge in [0.2, 0.25) is 5.88 Å². The predicted octanol–water partition coefficient (Wildman–Crippen LogP) is 2.74. The van der Waals surface area contributed by atoms with Gasteiger partial charge in [-0.2, -0.15) is 0 Å². The first-order valence-corrected chi connectivity index (χ1v) is 5.93. The van der Waals surface area contributed by atoms with Gasteiger partial charge in [-0.3, -0.25) is 4.98 Å². The van der Waals surface area contributed by atoms with E-state index in [1.165, 1.54) is 0 Å². The molecule has 0 unspecified atom stereocenters. The lowest BCUT2D eigenvalue weighted by atomic mass is 10.0. The van der Waals surface area contributed by atoms with Gasteiger partial charge in [-0.05, 0) is 44.0 Å². The maximum absolute atomic E-state index is 5.88. The lowest BCUT2D eigenvalue weighted by molar-refractivity contribution is 0.325. The van der Waals surface area contributed by atoms with Crippen LogP contribution in [0.5, 0.6) is 5.88 Å². The molecule has 0 aliphatic carbocycles. The molecule has 1 aromatic heterocycles.